The number of morpholine rings is 1. The lowest BCUT2D eigenvalue weighted by atomic mass is 10.2. The van der Waals surface area contributed by atoms with Crippen molar-refractivity contribution in [1.29, 1.82) is 0 Å². The van der Waals surface area contributed by atoms with Crippen LogP contribution < -0.4 is 4.90 Å². The minimum absolute atomic E-state index is 0. The first-order chi connectivity index (χ1) is 15.7. The maximum atomic E-state index is 13.5. The fourth-order valence-corrected chi connectivity index (χ4v) is 5.50. The van der Waals surface area contributed by atoms with E-state index in [2.05, 4.69) is 9.88 Å². The topological polar surface area (TPSA) is 123 Å². The molecule has 1 aliphatic rings. The predicted molar refractivity (Wildman–Crippen MR) is 132 cm³/mol. The van der Waals surface area contributed by atoms with Crippen LogP contribution in [0.4, 0.5) is 10.8 Å². The Morgan fingerprint density at radius 3 is 2.62 bits per heavy atom. The van der Waals surface area contributed by atoms with Crippen LogP contribution in [-0.2, 0) is 14.6 Å². The number of non-ortho nitro benzene ring substituents is 1. The lowest BCUT2D eigenvalue weighted by Crippen LogP contribution is -2.43. The van der Waals surface area contributed by atoms with E-state index in [1.807, 2.05) is 0 Å². The summed E-state index contributed by atoms with van der Waals surface area (Å²) in [6, 6.07) is 10.4. The zero-order valence-electron chi connectivity index (χ0n) is 18.2. The third kappa shape index (κ3) is 5.70. The Kier molecular flexibility index (Phi) is 8.21. The number of nitrogens with zero attached hydrogens (tertiary/aromatic N) is 4. The van der Waals surface area contributed by atoms with Gasteiger partial charge in [-0.2, -0.15) is 0 Å². The Balaban J connectivity index is 0.00000324. The molecule has 10 nitrogen and oxygen atoms in total. The predicted octanol–water partition coefficient (Wildman–Crippen LogP) is 3.01. The van der Waals surface area contributed by atoms with Gasteiger partial charge in [-0.25, -0.2) is 13.4 Å². The summed E-state index contributed by atoms with van der Waals surface area (Å²) in [6.07, 6.45) is 1.12. The molecule has 0 N–H and O–H groups in total. The lowest BCUT2D eigenvalue weighted by molar-refractivity contribution is -0.384. The SMILES string of the molecule is CS(=O)(=O)c1cccc2sc(N(CCN3CCOCC3)C(=O)c3cccc([N+](=O)[O-])c3)nc12.Cl. The quantitative estimate of drug-likeness (QED) is 0.340. The Hall–Kier alpha value is -2.64. The van der Waals surface area contributed by atoms with Crippen molar-refractivity contribution >= 4 is 60.5 Å². The third-order valence-electron chi connectivity index (χ3n) is 5.29. The summed E-state index contributed by atoms with van der Waals surface area (Å²) in [5.41, 5.74) is 0.287. The number of carbonyl (C=O) groups is 1. The van der Waals surface area contributed by atoms with Crippen molar-refractivity contribution in [3.63, 3.8) is 0 Å². The van der Waals surface area contributed by atoms with Gasteiger partial charge in [0.15, 0.2) is 15.0 Å². The zero-order chi connectivity index (χ0) is 23.6. The zero-order valence-corrected chi connectivity index (χ0v) is 20.7. The second kappa shape index (κ2) is 10.7. The fraction of sp³-hybridized carbons (Fsp3) is 0.333. The van der Waals surface area contributed by atoms with Gasteiger partial charge in [-0.05, 0) is 18.2 Å². The number of nitro groups is 1. The molecule has 182 valence electrons. The average molecular weight is 527 g/mol. The van der Waals surface area contributed by atoms with Gasteiger partial charge in [0, 0.05) is 50.1 Å². The molecule has 0 saturated carbocycles. The highest BCUT2D eigenvalue weighted by molar-refractivity contribution is 7.91. The van der Waals surface area contributed by atoms with Gasteiger partial charge < -0.3 is 4.74 Å². The summed E-state index contributed by atoms with van der Waals surface area (Å²) < 4.78 is 30.4. The van der Waals surface area contributed by atoms with E-state index in [-0.39, 0.29) is 35.1 Å². The molecule has 1 fully saturated rings. The monoisotopic (exact) mass is 526 g/mol. The van der Waals surface area contributed by atoms with Gasteiger partial charge in [-0.15, -0.1) is 12.4 Å². The van der Waals surface area contributed by atoms with Crippen LogP contribution in [-0.4, -0.2) is 74.8 Å². The molecule has 1 saturated heterocycles. The molecule has 3 aromatic rings. The Morgan fingerprint density at radius 1 is 1.24 bits per heavy atom. The second-order valence-corrected chi connectivity index (χ2v) is 10.6. The van der Waals surface area contributed by atoms with E-state index < -0.39 is 20.7 Å². The number of nitro benzene ring substituents is 1. The molecule has 0 atom stereocenters. The maximum Gasteiger partial charge on any atom is 0.270 e. The molecule has 1 amide bonds. The second-order valence-electron chi connectivity index (χ2n) is 7.59. The highest BCUT2D eigenvalue weighted by Gasteiger charge is 2.25. The van der Waals surface area contributed by atoms with Crippen molar-refractivity contribution in [2.45, 2.75) is 4.90 Å². The first-order valence-electron chi connectivity index (χ1n) is 10.2. The van der Waals surface area contributed by atoms with Gasteiger partial charge >= 0.3 is 0 Å². The van der Waals surface area contributed by atoms with Crippen LogP contribution in [0.3, 0.4) is 0 Å². The number of hydrogen-bond donors (Lipinski definition) is 0. The number of fused-ring (bicyclic) bond motifs is 1. The summed E-state index contributed by atoms with van der Waals surface area (Å²) >= 11 is 1.21. The average Bonchev–Trinajstić information content (AvgIpc) is 3.23. The van der Waals surface area contributed by atoms with Crippen LogP contribution in [0.1, 0.15) is 10.4 Å². The molecular formula is C21H23ClN4O6S2. The van der Waals surface area contributed by atoms with E-state index in [4.69, 9.17) is 4.74 Å². The molecule has 0 unspecified atom stereocenters. The Morgan fingerprint density at radius 2 is 1.94 bits per heavy atom. The molecule has 0 spiro atoms. The summed E-state index contributed by atoms with van der Waals surface area (Å²) in [7, 11) is -3.52. The van der Waals surface area contributed by atoms with Crippen molar-refractivity contribution in [2.24, 2.45) is 0 Å². The van der Waals surface area contributed by atoms with Gasteiger partial charge in [-0.1, -0.05) is 23.5 Å². The largest absolute Gasteiger partial charge is 0.379 e. The van der Waals surface area contributed by atoms with Gasteiger partial charge in [0.2, 0.25) is 0 Å². The molecule has 1 aromatic heterocycles. The molecule has 34 heavy (non-hydrogen) atoms. The number of amides is 1. The van der Waals surface area contributed by atoms with Crippen molar-refractivity contribution in [1.82, 2.24) is 9.88 Å². The number of carbonyl (C=O) groups excluding carboxylic acids is 1. The van der Waals surface area contributed by atoms with E-state index in [0.29, 0.717) is 35.1 Å². The number of halogens is 1. The molecule has 2 heterocycles. The van der Waals surface area contributed by atoms with Crippen LogP contribution in [0.25, 0.3) is 10.2 Å². The number of hydrogen-bond acceptors (Lipinski definition) is 9. The van der Waals surface area contributed by atoms with Gasteiger partial charge in [0.05, 0.1) is 27.7 Å². The lowest BCUT2D eigenvalue weighted by Gasteiger charge is -2.29. The number of thiazole rings is 1. The number of sulfone groups is 1. The number of benzene rings is 2. The molecule has 1 aliphatic heterocycles. The standard InChI is InChI=1S/C21H22N4O6S2.ClH/c1-33(29,30)18-7-3-6-17-19(18)22-21(32-17)24(9-8-23-10-12-31-13-11-23)20(26)15-4-2-5-16(14-15)25(27)28;/h2-7,14H,8-13H2,1H3;1H. The first kappa shape index (κ1) is 26.0. The van der Waals surface area contributed by atoms with Crippen LogP contribution in [0.2, 0.25) is 0 Å². The van der Waals surface area contributed by atoms with Crippen molar-refractivity contribution in [3.05, 3.63) is 58.1 Å². The third-order valence-corrected chi connectivity index (χ3v) is 7.47. The molecule has 13 heteroatoms. The number of rotatable bonds is 7. The Bertz CT molecular complexity index is 1310. The van der Waals surface area contributed by atoms with Gasteiger partial charge in [0.1, 0.15) is 5.52 Å². The fourth-order valence-electron chi connectivity index (χ4n) is 3.58. The number of ether oxygens (including phenoxy) is 1. The molecule has 0 aliphatic carbocycles. The van der Waals surface area contributed by atoms with Crippen molar-refractivity contribution in [3.8, 4) is 0 Å². The highest BCUT2D eigenvalue weighted by Crippen LogP contribution is 2.33. The van der Waals surface area contributed by atoms with E-state index in [1.165, 1.54) is 46.6 Å². The van der Waals surface area contributed by atoms with Crippen molar-refractivity contribution < 1.29 is 22.9 Å². The number of aromatic nitrogens is 1. The first-order valence-corrected chi connectivity index (χ1v) is 12.9. The van der Waals surface area contributed by atoms with E-state index in [9.17, 15) is 23.3 Å². The summed E-state index contributed by atoms with van der Waals surface area (Å²) in [5.74, 6) is -0.438. The van der Waals surface area contributed by atoms with Crippen LogP contribution in [0.5, 0.6) is 0 Å². The molecule has 0 bridgehead atoms. The molecule has 4 rings (SSSR count). The smallest absolute Gasteiger partial charge is 0.270 e. The highest BCUT2D eigenvalue weighted by atomic mass is 35.5. The van der Waals surface area contributed by atoms with Crippen LogP contribution >= 0.6 is 23.7 Å². The molecule has 0 radical (unpaired) electrons. The van der Waals surface area contributed by atoms with Gasteiger partial charge in [-0.3, -0.25) is 24.7 Å². The van der Waals surface area contributed by atoms with E-state index >= 15 is 0 Å². The van der Waals surface area contributed by atoms with E-state index in [0.717, 1.165) is 19.3 Å². The van der Waals surface area contributed by atoms with Crippen molar-refractivity contribution in [2.75, 3.05) is 50.5 Å². The van der Waals surface area contributed by atoms with Crippen LogP contribution in [0.15, 0.2) is 47.4 Å². The number of anilines is 1. The summed E-state index contributed by atoms with van der Waals surface area (Å²) in [6.45, 7) is 3.53. The minimum Gasteiger partial charge on any atom is -0.379 e. The minimum atomic E-state index is -3.52. The summed E-state index contributed by atoms with van der Waals surface area (Å²) in [5, 5.41) is 11.5. The molecule has 2 aromatic carbocycles. The van der Waals surface area contributed by atoms with Crippen LogP contribution in [0, 0.1) is 10.1 Å². The molecular weight excluding hydrogens is 504 g/mol. The number of para-hydroxylation sites is 1. The van der Waals surface area contributed by atoms with E-state index in [1.54, 1.807) is 12.1 Å². The summed E-state index contributed by atoms with van der Waals surface area (Å²) in [4.78, 5) is 32.3. The normalized spacial score (nSPS) is 14.5. The maximum absolute atomic E-state index is 13.5. The van der Waals surface area contributed by atoms with Gasteiger partial charge in [0.25, 0.3) is 11.6 Å². The Labute approximate surface area is 206 Å².